The van der Waals surface area contributed by atoms with Crippen LogP contribution in [0.5, 0.6) is 11.5 Å². The molecule has 0 heterocycles. The fraction of sp³-hybridized carbons (Fsp3) is 0.571. The van der Waals surface area contributed by atoms with Gasteiger partial charge in [-0.05, 0) is 48.8 Å². The molecule has 0 aliphatic rings. The fourth-order valence-electron chi connectivity index (χ4n) is 1.71. The molecule has 0 saturated carbocycles. The van der Waals surface area contributed by atoms with Gasteiger partial charge in [-0.25, -0.2) is 0 Å². The van der Waals surface area contributed by atoms with Crippen LogP contribution in [0.2, 0.25) is 0 Å². The molecule has 5 heteroatoms. The first kappa shape index (κ1) is 16.3. The van der Waals surface area contributed by atoms with Gasteiger partial charge in [-0.2, -0.15) is 0 Å². The highest BCUT2D eigenvalue weighted by atomic mass is 79.9. The van der Waals surface area contributed by atoms with Crippen LogP contribution < -0.4 is 14.8 Å². The van der Waals surface area contributed by atoms with Crippen LogP contribution in [0.4, 0.5) is 0 Å². The Morgan fingerprint density at radius 2 is 2.11 bits per heavy atom. The molecule has 0 aliphatic carbocycles. The Morgan fingerprint density at radius 1 is 1.37 bits per heavy atom. The molecule has 0 radical (unpaired) electrons. The van der Waals surface area contributed by atoms with E-state index in [2.05, 4.69) is 21.2 Å². The van der Waals surface area contributed by atoms with E-state index in [9.17, 15) is 0 Å². The van der Waals surface area contributed by atoms with E-state index in [1.807, 2.05) is 32.9 Å². The zero-order valence-electron chi connectivity index (χ0n) is 11.8. The average Bonchev–Trinajstić information content (AvgIpc) is 2.34. The van der Waals surface area contributed by atoms with Crippen molar-refractivity contribution in [2.24, 2.45) is 0 Å². The summed E-state index contributed by atoms with van der Waals surface area (Å²) in [7, 11) is 0. The zero-order valence-corrected chi connectivity index (χ0v) is 13.4. The first-order valence-electron chi connectivity index (χ1n) is 6.62. The maximum Gasteiger partial charge on any atom is 0.175 e. The lowest BCUT2D eigenvalue weighted by Crippen LogP contribution is -2.83. The highest BCUT2D eigenvalue weighted by Crippen LogP contribution is 2.37. The Balaban J connectivity index is 2.92. The molecule has 0 bridgehead atoms. The molecule has 19 heavy (non-hydrogen) atoms. The summed E-state index contributed by atoms with van der Waals surface area (Å²) >= 11 is 3.54. The number of ether oxygens (including phenoxy) is 2. The highest BCUT2D eigenvalue weighted by Gasteiger charge is 2.14. The van der Waals surface area contributed by atoms with Gasteiger partial charge in [0.1, 0.15) is 6.54 Å². The van der Waals surface area contributed by atoms with Gasteiger partial charge < -0.3 is 19.9 Å². The highest BCUT2D eigenvalue weighted by molar-refractivity contribution is 9.10. The van der Waals surface area contributed by atoms with Crippen molar-refractivity contribution >= 4 is 15.9 Å². The standard InChI is InChI=1S/C14H22BrNO3/c1-4-18-13-8-11(9-16-5-6-17)7-12(15)14(13)19-10(2)3/h7-8,10,16-17H,4-6,9H2,1-3H3/p+1. The monoisotopic (exact) mass is 332 g/mol. The summed E-state index contributed by atoms with van der Waals surface area (Å²) in [4.78, 5) is 0. The lowest BCUT2D eigenvalue weighted by atomic mass is 10.2. The second-order valence-electron chi connectivity index (χ2n) is 4.51. The molecule has 1 rings (SSSR count). The maximum absolute atomic E-state index is 8.80. The van der Waals surface area contributed by atoms with E-state index in [1.54, 1.807) is 0 Å². The van der Waals surface area contributed by atoms with Crippen LogP contribution in [0.3, 0.4) is 0 Å². The van der Waals surface area contributed by atoms with Gasteiger partial charge in [-0.15, -0.1) is 0 Å². The van der Waals surface area contributed by atoms with E-state index in [-0.39, 0.29) is 12.7 Å². The Kier molecular flexibility index (Phi) is 7.20. The Bertz CT molecular complexity index is 397. The Labute approximate surface area is 123 Å². The number of nitrogens with two attached hydrogens (primary N) is 1. The molecule has 0 aliphatic heterocycles. The van der Waals surface area contributed by atoms with Crippen molar-refractivity contribution < 1.29 is 19.9 Å². The first-order chi connectivity index (χ1) is 9.08. The molecular weight excluding hydrogens is 310 g/mol. The van der Waals surface area contributed by atoms with Crippen LogP contribution in [-0.4, -0.2) is 31.0 Å². The van der Waals surface area contributed by atoms with Crippen molar-refractivity contribution in [1.82, 2.24) is 0 Å². The first-order valence-corrected chi connectivity index (χ1v) is 7.42. The van der Waals surface area contributed by atoms with Crippen molar-refractivity contribution in [3.63, 3.8) is 0 Å². The molecule has 0 atom stereocenters. The summed E-state index contributed by atoms with van der Waals surface area (Å²) in [6, 6.07) is 4.04. The maximum atomic E-state index is 8.80. The van der Waals surface area contributed by atoms with E-state index in [4.69, 9.17) is 14.6 Å². The van der Waals surface area contributed by atoms with Gasteiger partial charge in [0, 0.05) is 5.56 Å². The van der Waals surface area contributed by atoms with Crippen molar-refractivity contribution in [2.45, 2.75) is 33.4 Å². The normalized spacial score (nSPS) is 10.8. The molecule has 0 unspecified atom stereocenters. The SMILES string of the molecule is CCOc1cc(C[NH2+]CCO)cc(Br)c1OC(C)C. The molecule has 1 aromatic carbocycles. The predicted octanol–water partition coefficient (Wildman–Crippen LogP) is 1.69. The fourth-order valence-corrected chi connectivity index (χ4v) is 2.30. The molecule has 0 saturated heterocycles. The minimum absolute atomic E-state index is 0.0994. The summed E-state index contributed by atoms with van der Waals surface area (Å²) in [5.74, 6) is 1.51. The molecule has 0 aromatic heterocycles. The van der Waals surface area contributed by atoms with Gasteiger partial charge in [0.05, 0.1) is 30.3 Å². The third-order valence-electron chi connectivity index (χ3n) is 2.44. The van der Waals surface area contributed by atoms with Crippen LogP contribution in [-0.2, 0) is 6.54 Å². The van der Waals surface area contributed by atoms with Crippen LogP contribution in [0.25, 0.3) is 0 Å². The molecule has 3 N–H and O–H groups in total. The molecule has 4 nitrogen and oxygen atoms in total. The van der Waals surface area contributed by atoms with E-state index in [0.717, 1.165) is 28.1 Å². The second kappa shape index (κ2) is 8.40. The molecule has 0 amide bonds. The topological polar surface area (TPSA) is 55.3 Å². The summed E-state index contributed by atoms with van der Waals surface area (Å²) in [5, 5.41) is 10.9. The van der Waals surface area contributed by atoms with Crippen molar-refractivity contribution in [3.05, 3.63) is 22.2 Å². The molecule has 0 fully saturated rings. The zero-order chi connectivity index (χ0) is 14.3. The van der Waals surface area contributed by atoms with Gasteiger partial charge >= 0.3 is 0 Å². The lowest BCUT2D eigenvalue weighted by Gasteiger charge is -2.17. The number of quaternary nitrogens is 1. The van der Waals surface area contributed by atoms with Crippen molar-refractivity contribution in [3.8, 4) is 11.5 Å². The molecule has 108 valence electrons. The number of hydrogen-bond acceptors (Lipinski definition) is 3. The Morgan fingerprint density at radius 3 is 2.68 bits per heavy atom. The summed E-state index contributed by atoms with van der Waals surface area (Å²) in [5.41, 5.74) is 1.14. The minimum Gasteiger partial charge on any atom is -0.490 e. The van der Waals surface area contributed by atoms with Gasteiger partial charge in [0.15, 0.2) is 11.5 Å². The van der Waals surface area contributed by atoms with Crippen LogP contribution in [0.15, 0.2) is 16.6 Å². The number of rotatable bonds is 8. The number of benzene rings is 1. The third kappa shape index (κ3) is 5.38. The number of hydrogen-bond donors (Lipinski definition) is 2. The van der Waals surface area contributed by atoms with Crippen molar-refractivity contribution in [1.29, 1.82) is 0 Å². The Hall–Kier alpha value is -0.780. The van der Waals surface area contributed by atoms with Crippen molar-refractivity contribution in [2.75, 3.05) is 19.8 Å². The summed E-state index contributed by atoms with van der Waals surface area (Å²) in [6.45, 7) is 8.24. The van der Waals surface area contributed by atoms with Gasteiger partial charge in [0.2, 0.25) is 0 Å². The third-order valence-corrected chi connectivity index (χ3v) is 3.03. The molecule has 1 aromatic rings. The molecular formula is C14H23BrNO3+. The number of aliphatic hydroxyl groups excluding tert-OH is 1. The van der Waals surface area contributed by atoms with E-state index < -0.39 is 0 Å². The largest absolute Gasteiger partial charge is 0.490 e. The summed E-state index contributed by atoms with van der Waals surface area (Å²) in [6.07, 6.45) is 0.0994. The van der Waals surface area contributed by atoms with Crippen LogP contribution >= 0.6 is 15.9 Å². The molecule has 0 spiro atoms. The summed E-state index contributed by atoms with van der Waals surface area (Å²) < 4.78 is 12.3. The van der Waals surface area contributed by atoms with E-state index in [0.29, 0.717) is 13.2 Å². The number of aliphatic hydroxyl groups is 1. The van der Waals surface area contributed by atoms with Gasteiger partial charge in [-0.3, -0.25) is 0 Å². The van der Waals surface area contributed by atoms with Crippen LogP contribution in [0, 0.1) is 0 Å². The average molecular weight is 333 g/mol. The van der Waals surface area contributed by atoms with Crippen LogP contribution in [0.1, 0.15) is 26.3 Å². The minimum atomic E-state index is 0.0994. The van der Waals surface area contributed by atoms with Gasteiger partial charge in [-0.1, -0.05) is 0 Å². The van der Waals surface area contributed by atoms with E-state index >= 15 is 0 Å². The smallest absolute Gasteiger partial charge is 0.175 e. The number of halogens is 1. The predicted molar refractivity (Wildman–Crippen MR) is 78.7 cm³/mol. The van der Waals surface area contributed by atoms with Gasteiger partial charge in [0.25, 0.3) is 0 Å². The quantitative estimate of drug-likeness (QED) is 0.712. The van der Waals surface area contributed by atoms with E-state index in [1.165, 1.54) is 0 Å². The second-order valence-corrected chi connectivity index (χ2v) is 5.36. The lowest BCUT2D eigenvalue weighted by molar-refractivity contribution is -0.671.